The van der Waals surface area contributed by atoms with Crippen molar-refractivity contribution in [3.05, 3.63) is 23.8 Å². The number of benzene rings is 1. The first-order valence-corrected chi connectivity index (χ1v) is 6.82. The van der Waals surface area contributed by atoms with Crippen LogP contribution in [0.15, 0.2) is 18.2 Å². The van der Waals surface area contributed by atoms with Crippen LogP contribution in [-0.2, 0) is 9.53 Å². The highest BCUT2D eigenvalue weighted by Gasteiger charge is 2.12. The second kappa shape index (κ2) is 8.49. The van der Waals surface area contributed by atoms with Crippen molar-refractivity contribution in [1.29, 1.82) is 0 Å². The van der Waals surface area contributed by atoms with Crippen LogP contribution in [-0.4, -0.2) is 39.4 Å². The van der Waals surface area contributed by atoms with E-state index in [1.165, 1.54) is 0 Å². The Morgan fingerprint density at radius 3 is 2.62 bits per heavy atom. The number of nitrogens with one attached hydrogen (secondary N) is 1. The van der Waals surface area contributed by atoms with Gasteiger partial charge in [-0.25, -0.2) is 0 Å². The predicted molar refractivity (Wildman–Crippen MR) is 80.6 cm³/mol. The number of methoxy groups -OCH3 is 2. The number of hydrogen-bond donors (Lipinski definition) is 2. The number of ether oxygens (including phenoxy) is 3. The van der Waals surface area contributed by atoms with E-state index in [0.717, 1.165) is 5.56 Å². The lowest BCUT2D eigenvalue weighted by atomic mass is 10.1. The summed E-state index contributed by atoms with van der Waals surface area (Å²) in [4.78, 5) is 11.8. The van der Waals surface area contributed by atoms with Gasteiger partial charge in [0.05, 0.1) is 13.7 Å². The maximum atomic E-state index is 11.8. The molecule has 0 bridgehead atoms. The van der Waals surface area contributed by atoms with Gasteiger partial charge in [-0.2, -0.15) is 0 Å². The van der Waals surface area contributed by atoms with Gasteiger partial charge >= 0.3 is 0 Å². The van der Waals surface area contributed by atoms with Crippen molar-refractivity contribution in [2.45, 2.75) is 25.9 Å². The van der Waals surface area contributed by atoms with E-state index in [1.54, 1.807) is 20.3 Å². The number of amides is 1. The summed E-state index contributed by atoms with van der Waals surface area (Å²) >= 11 is 0. The first kappa shape index (κ1) is 17.3. The first-order valence-electron chi connectivity index (χ1n) is 6.82. The number of carbonyl (C=O) groups excluding carboxylic acids is 1. The van der Waals surface area contributed by atoms with Gasteiger partial charge in [0.15, 0.2) is 6.61 Å². The largest absolute Gasteiger partial charge is 0.497 e. The van der Waals surface area contributed by atoms with Crippen LogP contribution in [0.4, 0.5) is 0 Å². The number of carbonyl (C=O) groups is 1. The standard InChI is InChI=1S/C15H24N2O4/c1-10(8-19-3)17-15(18)9-21-14-7-12(20-4)5-6-13(14)11(2)16/h5-7,10-11H,8-9,16H2,1-4H3,(H,17,18)/t10?,11-/m0/s1. The van der Waals surface area contributed by atoms with Crippen molar-refractivity contribution < 1.29 is 19.0 Å². The molecule has 21 heavy (non-hydrogen) atoms. The summed E-state index contributed by atoms with van der Waals surface area (Å²) < 4.78 is 15.7. The van der Waals surface area contributed by atoms with E-state index in [9.17, 15) is 4.79 Å². The molecule has 1 aromatic carbocycles. The Kier molecular flexibility index (Phi) is 6.98. The fraction of sp³-hybridized carbons (Fsp3) is 0.533. The molecular formula is C15H24N2O4. The maximum Gasteiger partial charge on any atom is 0.258 e. The molecule has 0 fully saturated rings. The fourth-order valence-electron chi connectivity index (χ4n) is 1.89. The molecule has 1 aromatic rings. The third kappa shape index (κ3) is 5.61. The molecule has 0 aliphatic carbocycles. The maximum absolute atomic E-state index is 11.8. The van der Waals surface area contributed by atoms with Crippen LogP contribution >= 0.6 is 0 Å². The number of nitrogens with two attached hydrogens (primary N) is 1. The third-order valence-electron chi connectivity index (χ3n) is 2.89. The minimum atomic E-state index is -0.210. The highest BCUT2D eigenvalue weighted by atomic mass is 16.5. The van der Waals surface area contributed by atoms with Gasteiger partial charge in [0.2, 0.25) is 0 Å². The van der Waals surface area contributed by atoms with Crippen molar-refractivity contribution in [2.75, 3.05) is 27.4 Å². The van der Waals surface area contributed by atoms with E-state index >= 15 is 0 Å². The van der Waals surface area contributed by atoms with Crippen molar-refractivity contribution in [2.24, 2.45) is 5.73 Å². The molecule has 1 unspecified atom stereocenters. The minimum absolute atomic E-state index is 0.0655. The summed E-state index contributed by atoms with van der Waals surface area (Å²) in [5.41, 5.74) is 6.72. The molecule has 0 aliphatic heterocycles. The highest BCUT2D eigenvalue weighted by Crippen LogP contribution is 2.28. The Bertz CT molecular complexity index is 463. The normalized spacial score (nSPS) is 13.4. The first-order chi connectivity index (χ1) is 9.97. The van der Waals surface area contributed by atoms with Gasteiger partial charge in [0, 0.05) is 30.8 Å². The monoisotopic (exact) mass is 296 g/mol. The predicted octanol–water partition coefficient (Wildman–Crippen LogP) is 1.24. The van der Waals surface area contributed by atoms with Crippen molar-refractivity contribution >= 4 is 5.91 Å². The van der Waals surface area contributed by atoms with E-state index in [4.69, 9.17) is 19.9 Å². The molecule has 0 saturated heterocycles. The van der Waals surface area contributed by atoms with E-state index < -0.39 is 0 Å². The molecule has 2 atom stereocenters. The Balaban J connectivity index is 2.67. The Morgan fingerprint density at radius 2 is 2.05 bits per heavy atom. The molecular weight excluding hydrogens is 272 g/mol. The molecule has 0 aromatic heterocycles. The van der Waals surface area contributed by atoms with Gasteiger partial charge in [-0.05, 0) is 19.9 Å². The summed E-state index contributed by atoms with van der Waals surface area (Å²) in [6, 6.07) is 5.12. The summed E-state index contributed by atoms with van der Waals surface area (Å²) in [5.74, 6) is 0.999. The second-order valence-corrected chi connectivity index (χ2v) is 4.91. The molecule has 0 saturated carbocycles. The molecule has 1 rings (SSSR count). The third-order valence-corrected chi connectivity index (χ3v) is 2.89. The number of hydrogen-bond acceptors (Lipinski definition) is 5. The van der Waals surface area contributed by atoms with E-state index in [1.807, 2.05) is 26.0 Å². The molecule has 118 valence electrons. The molecule has 6 heteroatoms. The van der Waals surface area contributed by atoms with Gasteiger partial charge in [-0.1, -0.05) is 6.07 Å². The van der Waals surface area contributed by atoms with Crippen LogP contribution in [0.1, 0.15) is 25.5 Å². The summed E-state index contributed by atoms with van der Waals surface area (Å²) in [5, 5.41) is 2.78. The molecule has 6 nitrogen and oxygen atoms in total. The second-order valence-electron chi connectivity index (χ2n) is 4.91. The Hall–Kier alpha value is -1.79. The SMILES string of the molecule is COCC(C)NC(=O)COc1cc(OC)ccc1[C@H](C)N. The van der Waals surface area contributed by atoms with E-state index in [2.05, 4.69) is 5.32 Å². The van der Waals surface area contributed by atoms with Crippen LogP contribution in [0.3, 0.4) is 0 Å². The van der Waals surface area contributed by atoms with Crippen LogP contribution in [0.2, 0.25) is 0 Å². The Labute approximate surface area is 125 Å². The quantitative estimate of drug-likeness (QED) is 0.754. The fourth-order valence-corrected chi connectivity index (χ4v) is 1.89. The van der Waals surface area contributed by atoms with Gasteiger partial charge in [0.1, 0.15) is 11.5 Å². The lowest BCUT2D eigenvalue weighted by Crippen LogP contribution is -2.38. The van der Waals surface area contributed by atoms with Gasteiger partial charge in [0.25, 0.3) is 5.91 Å². The average Bonchev–Trinajstić information content (AvgIpc) is 2.44. The van der Waals surface area contributed by atoms with Gasteiger partial charge < -0.3 is 25.3 Å². The van der Waals surface area contributed by atoms with Crippen LogP contribution in [0.25, 0.3) is 0 Å². The Morgan fingerprint density at radius 1 is 1.33 bits per heavy atom. The summed E-state index contributed by atoms with van der Waals surface area (Å²) in [6.45, 7) is 4.09. The van der Waals surface area contributed by atoms with Crippen molar-refractivity contribution in [3.63, 3.8) is 0 Å². The molecule has 0 spiro atoms. The molecule has 1 amide bonds. The van der Waals surface area contributed by atoms with Crippen molar-refractivity contribution in [3.8, 4) is 11.5 Å². The zero-order valence-electron chi connectivity index (χ0n) is 13.0. The van der Waals surface area contributed by atoms with E-state index in [0.29, 0.717) is 18.1 Å². The van der Waals surface area contributed by atoms with Crippen LogP contribution in [0, 0.1) is 0 Å². The van der Waals surface area contributed by atoms with Crippen molar-refractivity contribution in [1.82, 2.24) is 5.32 Å². The molecule has 0 radical (unpaired) electrons. The lowest BCUT2D eigenvalue weighted by molar-refractivity contribution is -0.124. The smallest absolute Gasteiger partial charge is 0.258 e. The van der Waals surface area contributed by atoms with Gasteiger partial charge in [-0.3, -0.25) is 4.79 Å². The van der Waals surface area contributed by atoms with E-state index in [-0.39, 0.29) is 24.6 Å². The van der Waals surface area contributed by atoms with Crippen LogP contribution < -0.4 is 20.5 Å². The highest BCUT2D eigenvalue weighted by molar-refractivity contribution is 5.77. The summed E-state index contributed by atoms with van der Waals surface area (Å²) in [7, 11) is 3.16. The number of rotatable bonds is 8. The zero-order valence-corrected chi connectivity index (χ0v) is 13.0. The molecule has 3 N–H and O–H groups in total. The zero-order chi connectivity index (χ0) is 15.8. The average molecular weight is 296 g/mol. The topological polar surface area (TPSA) is 82.8 Å². The molecule has 0 aliphatic rings. The summed E-state index contributed by atoms with van der Waals surface area (Å²) in [6.07, 6.45) is 0. The minimum Gasteiger partial charge on any atom is -0.497 e. The van der Waals surface area contributed by atoms with Crippen LogP contribution in [0.5, 0.6) is 11.5 Å². The molecule has 0 heterocycles. The van der Waals surface area contributed by atoms with Gasteiger partial charge in [-0.15, -0.1) is 0 Å². The lowest BCUT2D eigenvalue weighted by Gasteiger charge is -2.16.